The zero-order chi connectivity index (χ0) is 26.7. The number of hydrogen-bond donors (Lipinski definition) is 2. The molecule has 0 amide bonds. The Kier molecular flexibility index (Phi) is 8.13. The van der Waals surface area contributed by atoms with Gasteiger partial charge in [-0.15, -0.1) is 0 Å². The first-order valence-corrected chi connectivity index (χ1v) is 14.6. The van der Waals surface area contributed by atoms with Gasteiger partial charge in [0, 0.05) is 29.7 Å². The lowest BCUT2D eigenvalue weighted by molar-refractivity contribution is 0.221. The summed E-state index contributed by atoms with van der Waals surface area (Å²) in [6.07, 6.45) is 8.05. The van der Waals surface area contributed by atoms with Crippen molar-refractivity contribution in [2.45, 2.75) is 71.0 Å². The fourth-order valence-electron chi connectivity index (χ4n) is 4.88. The van der Waals surface area contributed by atoms with Crippen molar-refractivity contribution < 1.29 is 8.42 Å². The van der Waals surface area contributed by atoms with Gasteiger partial charge in [0.1, 0.15) is 5.65 Å². The molecule has 0 bridgehead atoms. The molecule has 0 aromatic carbocycles. The number of hydrogen-bond acceptors (Lipinski definition) is 8. The Morgan fingerprint density at radius 3 is 2.43 bits per heavy atom. The van der Waals surface area contributed by atoms with E-state index in [2.05, 4.69) is 39.0 Å². The van der Waals surface area contributed by atoms with Crippen molar-refractivity contribution in [2.24, 2.45) is 0 Å². The van der Waals surface area contributed by atoms with E-state index in [0.717, 1.165) is 31.1 Å². The molecule has 4 rings (SSSR count). The number of anilines is 2. The Hall–Kier alpha value is -3.05. The number of aromatic nitrogens is 4. The van der Waals surface area contributed by atoms with Crippen LogP contribution in [0.3, 0.4) is 0 Å². The molecule has 11 heteroatoms. The van der Waals surface area contributed by atoms with Gasteiger partial charge in [0.25, 0.3) is 5.56 Å². The van der Waals surface area contributed by atoms with Gasteiger partial charge >= 0.3 is 0 Å². The second kappa shape index (κ2) is 11.1. The minimum absolute atomic E-state index is 0.0344. The van der Waals surface area contributed by atoms with Crippen LogP contribution in [-0.4, -0.2) is 64.8 Å². The van der Waals surface area contributed by atoms with Gasteiger partial charge in [-0.2, -0.15) is 4.98 Å². The number of nitrogens with zero attached hydrogens (tertiary/aromatic N) is 5. The Bertz CT molecular complexity index is 1390. The largest absolute Gasteiger partial charge is 0.351 e. The van der Waals surface area contributed by atoms with Crippen LogP contribution in [-0.2, 0) is 10.0 Å². The molecule has 1 saturated carbocycles. The molecule has 200 valence electrons. The highest BCUT2D eigenvalue weighted by Gasteiger charge is 2.23. The SMILES string of the molecule is CCCS(=O)(=O)Nc1ccc(-c2cc3cnc(N[C@H]4CC[C@H](N(C)C)CC4)nc3n(C(C)C)c2=O)nc1. The van der Waals surface area contributed by atoms with Crippen LogP contribution in [0.15, 0.2) is 35.4 Å². The van der Waals surface area contributed by atoms with E-state index in [9.17, 15) is 13.2 Å². The first-order valence-electron chi connectivity index (χ1n) is 12.9. The number of fused-ring (bicyclic) bond motifs is 1. The highest BCUT2D eigenvalue weighted by atomic mass is 32.2. The molecule has 0 radical (unpaired) electrons. The Morgan fingerprint density at radius 2 is 1.84 bits per heavy atom. The van der Waals surface area contributed by atoms with Crippen LogP contribution in [0.5, 0.6) is 0 Å². The summed E-state index contributed by atoms with van der Waals surface area (Å²) in [4.78, 5) is 29.5. The Balaban J connectivity index is 1.62. The molecule has 0 atom stereocenters. The predicted molar refractivity (Wildman–Crippen MR) is 148 cm³/mol. The Morgan fingerprint density at radius 1 is 1.11 bits per heavy atom. The molecule has 1 aliphatic rings. The monoisotopic (exact) mass is 527 g/mol. The van der Waals surface area contributed by atoms with Gasteiger partial charge in [0.15, 0.2) is 0 Å². The zero-order valence-corrected chi connectivity index (χ0v) is 23.0. The summed E-state index contributed by atoms with van der Waals surface area (Å²) < 4.78 is 28.3. The summed E-state index contributed by atoms with van der Waals surface area (Å²) in [7, 11) is 0.837. The fraction of sp³-hybridized carbons (Fsp3) is 0.538. The van der Waals surface area contributed by atoms with Crippen LogP contribution in [0.2, 0.25) is 0 Å². The van der Waals surface area contributed by atoms with E-state index >= 15 is 0 Å². The van der Waals surface area contributed by atoms with Gasteiger partial charge in [-0.3, -0.25) is 19.1 Å². The number of pyridine rings is 2. The summed E-state index contributed by atoms with van der Waals surface area (Å²) in [5, 5.41) is 4.21. The first kappa shape index (κ1) is 27.0. The van der Waals surface area contributed by atoms with Crippen molar-refractivity contribution >= 4 is 32.7 Å². The van der Waals surface area contributed by atoms with E-state index in [-0.39, 0.29) is 17.4 Å². The molecule has 0 saturated heterocycles. The van der Waals surface area contributed by atoms with Crippen molar-refractivity contribution in [3.8, 4) is 11.3 Å². The smallest absolute Gasteiger partial charge is 0.261 e. The van der Waals surface area contributed by atoms with Gasteiger partial charge in [-0.25, -0.2) is 13.4 Å². The highest BCUT2D eigenvalue weighted by molar-refractivity contribution is 7.92. The molecule has 1 fully saturated rings. The van der Waals surface area contributed by atoms with Crippen LogP contribution in [0.1, 0.15) is 58.9 Å². The van der Waals surface area contributed by atoms with E-state index in [0.29, 0.717) is 47.0 Å². The molecule has 3 aromatic heterocycles. The predicted octanol–water partition coefficient (Wildman–Crippen LogP) is 3.87. The van der Waals surface area contributed by atoms with Crippen LogP contribution in [0, 0.1) is 0 Å². The summed E-state index contributed by atoms with van der Waals surface area (Å²) >= 11 is 0. The molecular weight excluding hydrogens is 490 g/mol. The van der Waals surface area contributed by atoms with Gasteiger partial charge in [0.2, 0.25) is 16.0 Å². The molecule has 2 N–H and O–H groups in total. The van der Waals surface area contributed by atoms with E-state index in [1.54, 1.807) is 35.9 Å². The molecular formula is C26H37N7O3S. The standard InChI is InChI=1S/C26H37N7O3S/c1-6-13-37(35,36)31-20-9-12-23(27-16-20)22-14-18-15-28-26(30-24(18)33(17(2)3)25(22)34)29-19-7-10-21(11-8-19)32(4)5/h9,12,14-17,19,21,31H,6-8,10-11,13H2,1-5H3,(H,28,29,30)/t19-,21-. The van der Waals surface area contributed by atoms with E-state index in [1.165, 1.54) is 6.20 Å². The van der Waals surface area contributed by atoms with Crippen molar-refractivity contribution in [3.05, 3.63) is 40.9 Å². The van der Waals surface area contributed by atoms with E-state index < -0.39 is 10.0 Å². The topological polar surface area (TPSA) is 122 Å². The normalized spacial score (nSPS) is 18.5. The number of rotatable bonds is 9. The van der Waals surface area contributed by atoms with Crippen LogP contribution in [0.4, 0.5) is 11.6 Å². The summed E-state index contributed by atoms with van der Waals surface area (Å²) in [6, 6.07) is 5.81. The Labute approximate surface area is 218 Å². The summed E-state index contributed by atoms with van der Waals surface area (Å²) in [6.45, 7) is 5.70. The molecule has 10 nitrogen and oxygen atoms in total. The maximum absolute atomic E-state index is 13.6. The van der Waals surface area contributed by atoms with Crippen molar-refractivity contribution in [1.29, 1.82) is 0 Å². The average Bonchev–Trinajstić information content (AvgIpc) is 2.84. The molecule has 0 aliphatic heterocycles. The third kappa shape index (κ3) is 6.27. The molecule has 37 heavy (non-hydrogen) atoms. The van der Waals surface area contributed by atoms with E-state index in [4.69, 9.17) is 4.98 Å². The number of nitrogens with one attached hydrogen (secondary N) is 2. The van der Waals surface area contributed by atoms with Crippen LogP contribution >= 0.6 is 0 Å². The van der Waals surface area contributed by atoms with Gasteiger partial charge < -0.3 is 10.2 Å². The highest BCUT2D eigenvalue weighted by Crippen LogP contribution is 2.26. The minimum Gasteiger partial charge on any atom is -0.351 e. The lowest BCUT2D eigenvalue weighted by Gasteiger charge is -2.33. The van der Waals surface area contributed by atoms with Crippen molar-refractivity contribution in [1.82, 2.24) is 24.4 Å². The average molecular weight is 528 g/mol. The second-order valence-corrected chi connectivity index (χ2v) is 12.1. The van der Waals surface area contributed by atoms with Crippen LogP contribution < -0.4 is 15.6 Å². The minimum atomic E-state index is -3.42. The lowest BCUT2D eigenvalue weighted by Crippen LogP contribution is -2.36. The van der Waals surface area contributed by atoms with Crippen molar-refractivity contribution in [3.63, 3.8) is 0 Å². The quantitative estimate of drug-likeness (QED) is 0.430. The lowest BCUT2D eigenvalue weighted by atomic mass is 9.91. The molecule has 0 unspecified atom stereocenters. The van der Waals surface area contributed by atoms with Gasteiger partial charge in [0.05, 0.1) is 28.9 Å². The van der Waals surface area contributed by atoms with Crippen LogP contribution in [0.25, 0.3) is 22.3 Å². The molecule has 3 aromatic rings. The molecule has 3 heterocycles. The fourth-order valence-corrected chi connectivity index (χ4v) is 6.00. The molecule has 1 aliphatic carbocycles. The zero-order valence-electron chi connectivity index (χ0n) is 22.2. The van der Waals surface area contributed by atoms with Gasteiger partial charge in [-0.05, 0) is 78.2 Å². The maximum Gasteiger partial charge on any atom is 0.261 e. The maximum atomic E-state index is 13.6. The van der Waals surface area contributed by atoms with Crippen molar-refractivity contribution in [2.75, 3.05) is 29.9 Å². The van der Waals surface area contributed by atoms with Gasteiger partial charge in [-0.1, -0.05) is 6.92 Å². The third-order valence-corrected chi connectivity index (χ3v) is 8.33. The first-order chi connectivity index (χ1) is 17.6. The second-order valence-electron chi connectivity index (χ2n) is 10.3. The summed E-state index contributed by atoms with van der Waals surface area (Å²) in [5.41, 5.74) is 1.61. The molecule has 0 spiro atoms. The third-order valence-electron chi connectivity index (χ3n) is 6.84. The summed E-state index contributed by atoms with van der Waals surface area (Å²) in [5.74, 6) is 0.566. The van der Waals surface area contributed by atoms with E-state index in [1.807, 2.05) is 13.8 Å². The number of sulfonamides is 1.